The van der Waals surface area contributed by atoms with Gasteiger partial charge in [0, 0.05) is 80.1 Å². The monoisotopic (exact) mass is 1400 g/mol. The van der Waals surface area contributed by atoms with Gasteiger partial charge in [-0.1, -0.05) is 315 Å². The Morgan fingerprint density at radius 2 is 0.495 bits per heavy atom. The van der Waals surface area contributed by atoms with Crippen LogP contribution in [0.1, 0.15) is 0 Å². The molecule has 0 atom stereocenters. The van der Waals surface area contributed by atoms with Gasteiger partial charge in [-0.2, -0.15) is 0 Å². The van der Waals surface area contributed by atoms with Crippen LogP contribution in [0.5, 0.6) is 0 Å². The minimum atomic E-state index is -3.18. The van der Waals surface area contributed by atoms with E-state index in [1.54, 1.807) is 0 Å². The van der Waals surface area contributed by atoms with E-state index in [1.807, 2.05) is 267 Å². The molecule has 9 nitrogen and oxygen atoms in total. The van der Waals surface area contributed by atoms with Crippen LogP contribution in [0.4, 0.5) is 0 Å². The number of nitrogens with zero attached hydrogens (tertiary/aromatic N) is 6. The van der Waals surface area contributed by atoms with Gasteiger partial charge in [-0.25, -0.2) is 15.0 Å². The maximum absolute atomic E-state index is 15.4. The molecule has 0 amide bonds. The van der Waals surface area contributed by atoms with E-state index in [1.165, 1.54) is 0 Å². The molecule has 498 valence electrons. The van der Waals surface area contributed by atoms with Crippen LogP contribution in [0.25, 0.3) is 115 Å². The van der Waals surface area contributed by atoms with Gasteiger partial charge in [0.2, 0.25) is 0 Å². The summed E-state index contributed by atoms with van der Waals surface area (Å²) in [6.45, 7) is 0. The molecular weight excluding hydrogens is 1340 g/mol. The van der Waals surface area contributed by atoms with E-state index >= 15 is 13.7 Å². The number of aromatic nitrogens is 6. The average molecular weight is 1410 g/mol. The van der Waals surface area contributed by atoms with Crippen LogP contribution < -0.4 is 47.7 Å². The van der Waals surface area contributed by atoms with Crippen molar-refractivity contribution in [1.29, 1.82) is 0 Å². The number of imidazole rings is 3. The largest absolute Gasteiger partial charge is 0.309 e. The van der Waals surface area contributed by atoms with Crippen LogP contribution in [0, 0.1) is 0 Å². The molecule has 105 heavy (non-hydrogen) atoms. The van der Waals surface area contributed by atoms with Crippen molar-refractivity contribution >= 4 is 184 Å². The molecule has 0 fully saturated rings. The van der Waals surface area contributed by atoms with Crippen LogP contribution in [0.15, 0.2) is 382 Å². The summed E-state index contributed by atoms with van der Waals surface area (Å²) in [7, 11) is -9.35. The number of hydrogen-bond donors (Lipinski definition) is 0. The van der Waals surface area contributed by atoms with E-state index in [4.69, 9.17) is 15.0 Å². The van der Waals surface area contributed by atoms with Crippen LogP contribution in [-0.4, -0.2) is 28.2 Å². The highest BCUT2D eigenvalue weighted by Crippen LogP contribution is 2.48. The number of hydrogen-bond acceptors (Lipinski definition) is 6. The summed E-state index contributed by atoms with van der Waals surface area (Å²) in [4.78, 5) is 15.0. The summed E-state index contributed by atoms with van der Waals surface area (Å²) in [6.07, 6.45) is 0. The quantitative estimate of drug-likeness (QED) is 0.105. The van der Waals surface area contributed by atoms with Gasteiger partial charge >= 0.3 is 0 Å². The van der Waals surface area contributed by atoms with E-state index in [-0.39, 0.29) is 0 Å². The first-order valence-corrected chi connectivity index (χ1v) is 40.2. The lowest BCUT2D eigenvalue weighted by Crippen LogP contribution is -2.25. The van der Waals surface area contributed by atoms with E-state index in [0.29, 0.717) is 0 Å². The molecule has 6 heterocycles. The normalized spacial score (nSPS) is 12.1. The van der Waals surface area contributed by atoms with Gasteiger partial charge in [0.05, 0.1) is 49.7 Å². The minimum absolute atomic E-state index is 0.816. The topological polar surface area (TPSA) is 103 Å². The van der Waals surface area contributed by atoms with Gasteiger partial charge in [-0.3, -0.25) is 13.2 Å². The highest BCUT2D eigenvalue weighted by molar-refractivity contribution is 7.86. The Kier molecular flexibility index (Phi) is 15.5. The summed E-state index contributed by atoms with van der Waals surface area (Å²) in [5.74, 6) is 0. The predicted molar refractivity (Wildman–Crippen MR) is 441 cm³/mol. The zero-order chi connectivity index (χ0) is 70.2. The number of fused-ring (bicyclic) bond motifs is 24. The molecule has 0 aliphatic heterocycles. The summed E-state index contributed by atoms with van der Waals surface area (Å²) < 4.78 is 52.1. The third-order valence-corrected chi connectivity index (χ3v) is 29.7. The van der Waals surface area contributed by atoms with Crippen molar-refractivity contribution < 1.29 is 13.7 Å². The molecule has 21 rings (SSSR count). The minimum Gasteiger partial charge on any atom is -0.309 e. The molecule has 6 aromatic heterocycles. The van der Waals surface area contributed by atoms with Crippen molar-refractivity contribution in [2.24, 2.45) is 0 Å². The number of benzene rings is 15. The Hall–Kier alpha value is -12.6. The Balaban J connectivity index is 0.000000108. The lowest BCUT2D eigenvalue weighted by molar-refractivity contribution is 0.591. The van der Waals surface area contributed by atoms with Crippen molar-refractivity contribution in [2.75, 3.05) is 0 Å². The molecular formula is C93H63N6O3P3. The van der Waals surface area contributed by atoms with Gasteiger partial charge < -0.3 is 13.7 Å². The molecule has 21 aromatic rings. The first-order chi connectivity index (χ1) is 51.8. The van der Waals surface area contributed by atoms with E-state index in [2.05, 4.69) is 128 Å². The first kappa shape index (κ1) is 63.3. The van der Waals surface area contributed by atoms with Crippen molar-refractivity contribution in [2.45, 2.75) is 0 Å². The molecule has 0 aliphatic carbocycles. The van der Waals surface area contributed by atoms with Crippen molar-refractivity contribution in [3.05, 3.63) is 382 Å². The highest BCUT2D eigenvalue weighted by Gasteiger charge is 2.35. The summed E-state index contributed by atoms with van der Waals surface area (Å²) in [5, 5.41) is 17.3. The molecule has 0 radical (unpaired) electrons. The fourth-order valence-electron chi connectivity index (χ4n) is 15.7. The fourth-order valence-corrected chi connectivity index (χ4v) is 24.0. The molecule has 0 N–H and O–H groups in total. The molecule has 0 aliphatic rings. The van der Waals surface area contributed by atoms with Gasteiger partial charge in [0.1, 0.15) is 16.9 Å². The van der Waals surface area contributed by atoms with Gasteiger partial charge in [0.25, 0.3) is 0 Å². The second-order valence-electron chi connectivity index (χ2n) is 26.3. The fraction of sp³-hybridized carbons (Fsp3) is 0. The maximum atomic E-state index is 15.4. The van der Waals surface area contributed by atoms with Gasteiger partial charge in [0.15, 0.2) is 21.4 Å². The molecule has 0 saturated heterocycles. The average Bonchev–Trinajstić information content (AvgIpc) is 1.33. The maximum Gasteiger partial charge on any atom is 0.171 e. The van der Waals surface area contributed by atoms with E-state index in [0.717, 1.165) is 163 Å². The molecule has 15 aromatic carbocycles. The third-order valence-electron chi connectivity index (χ3n) is 20.5. The van der Waals surface area contributed by atoms with Gasteiger partial charge in [-0.15, -0.1) is 0 Å². The molecule has 0 unspecified atom stereocenters. The Bertz CT molecular complexity index is 6930. The van der Waals surface area contributed by atoms with Crippen LogP contribution >= 0.6 is 21.4 Å². The third kappa shape index (κ3) is 10.2. The van der Waals surface area contributed by atoms with E-state index in [9.17, 15) is 0 Å². The van der Waals surface area contributed by atoms with Crippen LogP contribution in [0.3, 0.4) is 0 Å². The molecule has 12 heteroatoms. The Morgan fingerprint density at radius 1 is 0.190 bits per heavy atom. The van der Waals surface area contributed by atoms with Crippen LogP contribution in [0.2, 0.25) is 0 Å². The Morgan fingerprint density at radius 3 is 0.924 bits per heavy atom. The van der Waals surface area contributed by atoms with Crippen LogP contribution in [-0.2, 0) is 13.7 Å². The summed E-state index contributed by atoms with van der Waals surface area (Å²) in [5.41, 5.74) is 11.9. The van der Waals surface area contributed by atoms with Crippen molar-refractivity contribution in [3.8, 4) is 0 Å². The second-order valence-corrected chi connectivity index (χ2v) is 34.6. The lowest BCUT2D eigenvalue weighted by Gasteiger charge is -2.23. The number of rotatable bonds is 9. The Labute approximate surface area is 604 Å². The lowest BCUT2D eigenvalue weighted by atomic mass is 10.1. The van der Waals surface area contributed by atoms with Gasteiger partial charge in [-0.05, 0) is 82.9 Å². The smallest absolute Gasteiger partial charge is 0.171 e. The summed E-state index contributed by atoms with van der Waals surface area (Å²) in [6, 6.07) is 128. The number of pyridine rings is 3. The van der Waals surface area contributed by atoms with Crippen molar-refractivity contribution in [3.63, 3.8) is 0 Å². The number of para-hydroxylation sites is 6. The van der Waals surface area contributed by atoms with E-state index < -0.39 is 21.4 Å². The molecule has 0 saturated carbocycles. The zero-order valence-corrected chi connectivity index (χ0v) is 59.3. The predicted octanol–water partition coefficient (Wildman–Crippen LogP) is 19.3. The second kappa shape index (κ2) is 25.7. The summed E-state index contributed by atoms with van der Waals surface area (Å²) >= 11 is 0. The standard InChI is InChI=1S/3C31H21N2OP/c34-35(22-12-3-1-4-13-22,23-14-5-2-6-15-23)29-21-11-20-28-30(29)24-16-7-8-17-25(24)31-32-26-18-9-10-19-27(26)33(28)31;34-35(22-11-3-1-4-12-22,23-13-5-2-6-14-23)24-19-20-26-25-15-7-8-16-27(25)31-32-28-17-9-10-18-29(28)33(31)30(26)21-24;34-35(22-11-3-1-4-12-22,23-13-5-2-6-14-23)24-19-20-29-27(21-24)25-15-7-8-16-26(25)31-32-28-17-9-10-18-30(28)33(29)31/h3*1-21H. The highest BCUT2D eigenvalue weighted by atomic mass is 31.2. The van der Waals surface area contributed by atoms with Crippen molar-refractivity contribution in [1.82, 2.24) is 28.2 Å². The molecule has 0 bridgehead atoms. The SMILES string of the molecule is O=P(c1ccccc1)(c1ccccc1)c1ccc2c(c1)c1ccccc1c1nc3ccccc3n21.O=P(c1ccccc1)(c1ccccc1)c1ccc2c3ccccc3c3nc4ccccc4n3c2c1.O=P(c1ccccc1)(c1ccccc1)c1cccc2c1c1ccccc1c1nc3ccccc3n21. The molecule has 0 spiro atoms. The first-order valence-electron chi connectivity index (χ1n) is 35.1. The zero-order valence-electron chi connectivity index (χ0n) is 56.6.